The number of aliphatic carboxylic acids is 1. The molecule has 0 spiro atoms. The second-order valence-corrected chi connectivity index (χ2v) is 4.28. The fourth-order valence-corrected chi connectivity index (χ4v) is 1.69. The predicted octanol–water partition coefficient (Wildman–Crippen LogP) is 0.670. The zero-order chi connectivity index (χ0) is 12.8. The van der Waals surface area contributed by atoms with Crippen molar-refractivity contribution in [3.05, 3.63) is 0 Å². The molecule has 1 saturated heterocycles. The first-order valence-corrected chi connectivity index (χ1v) is 5.91. The molecule has 1 heterocycles. The van der Waals surface area contributed by atoms with E-state index in [0.29, 0.717) is 19.8 Å². The maximum Gasteiger partial charge on any atom is 0.318 e. The Morgan fingerprint density at radius 2 is 2.29 bits per heavy atom. The lowest BCUT2D eigenvalue weighted by Gasteiger charge is -2.35. The van der Waals surface area contributed by atoms with Gasteiger partial charge in [-0.1, -0.05) is 6.92 Å². The van der Waals surface area contributed by atoms with Crippen molar-refractivity contribution in [1.29, 1.82) is 0 Å². The molecule has 2 N–H and O–H groups in total. The van der Waals surface area contributed by atoms with E-state index in [9.17, 15) is 9.59 Å². The van der Waals surface area contributed by atoms with Gasteiger partial charge in [-0.25, -0.2) is 4.79 Å². The standard InChI is InChI=1S/C11H20N2O4/c1-3-8(2)12-11(16)13-4-5-17-7-9(13)6-10(14)15/h8-9H,3-7H2,1-2H3,(H,12,16)(H,14,15). The molecule has 0 radical (unpaired) electrons. The van der Waals surface area contributed by atoms with E-state index >= 15 is 0 Å². The molecule has 6 nitrogen and oxygen atoms in total. The number of carbonyl (C=O) groups is 2. The van der Waals surface area contributed by atoms with E-state index in [4.69, 9.17) is 9.84 Å². The summed E-state index contributed by atoms with van der Waals surface area (Å²) in [4.78, 5) is 24.2. The van der Waals surface area contributed by atoms with Gasteiger partial charge in [0.05, 0.1) is 25.7 Å². The summed E-state index contributed by atoms with van der Waals surface area (Å²) in [5.74, 6) is -0.915. The van der Waals surface area contributed by atoms with Crippen LogP contribution >= 0.6 is 0 Å². The van der Waals surface area contributed by atoms with Crippen LogP contribution in [0.2, 0.25) is 0 Å². The van der Waals surface area contributed by atoms with Crippen LogP contribution in [0.3, 0.4) is 0 Å². The van der Waals surface area contributed by atoms with E-state index in [0.717, 1.165) is 6.42 Å². The Balaban J connectivity index is 2.57. The topological polar surface area (TPSA) is 78.9 Å². The third kappa shape index (κ3) is 4.22. The fraction of sp³-hybridized carbons (Fsp3) is 0.818. The van der Waals surface area contributed by atoms with Gasteiger partial charge in [0, 0.05) is 12.6 Å². The molecule has 1 rings (SSSR count). The Hall–Kier alpha value is -1.30. The average Bonchev–Trinajstić information content (AvgIpc) is 2.28. The number of ether oxygens (including phenoxy) is 1. The smallest absolute Gasteiger partial charge is 0.318 e. The van der Waals surface area contributed by atoms with Gasteiger partial charge in [-0.15, -0.1) is 0 Å². The van der Waals surface area contributed by atoms with E-state index in [2.05, 4.69) is 5.32 Å². The minimum absolute atomic E-state index is 0.0755. The molecule has 0 bridgehead atoms. The quantitative estimate of drug-likeness (QED) is 0.762. The van der Waals surface area contributed by atoms with Crippen LogP contribution in [0.15, 0.2) is 0 Å². The number of urea groups is 1. The Morgan fingerprint density at radius 1 is 1.59 bits per heavy atom. The number of carboxylic acids is 1. The molecule has 0 aromatic carbocycles. The average molecular weight is 244 g/mol. The largest absolute Gasteiger partial charge is 0.481 e. The van der Waals surface area contributed by atoms with Gasteiger partial charge in [0.25, 0.3) is 0 Å². The van der Waals surface area contributed by atoms with Gasteiger partial charge in [0.1, 0.15) is 0 Å². The number of carboxylic acid groups (broad SMARTS) is 1. The molecular formula is C11H20N2O4. The molecule has 1 aliphatic heterocycles. The zero-order valence-electron chi connectivity index (χ0n) is 10.3. The maximum atomic E-state index is 11.9. The summed E-state index contributed by atoms with van der Waals surface area (Å²) < 4.78 is 5.21. The fourth-order valence-electron chi connectivity index (χ4n) is 1.69. The lowest BCUT2D eigenvalue weighted by Crippen LogP contribution is -2.54. The third-order valence-corrected chi connectivity index (χ3v) is 2.88. The van der Waals surface area contributed by atoms with Crippen molar-refractivity contribution in [2.75, 3.05) is 19.8 Å². The summed E-state index contributed by atoms with van der Waals surface area (Å²) in [5.41, 5.74) is 0. The number of rotatable bonds is 4. The van der Waals surface area contributed by atoms with Crippen molar-refractivity contribution in [3.8, 4) is 0 Å². The Labute approximate surface area is 101 Å². The van der Waals surface area contributed by atoms with E-state index in [1.165, 1.54) is 0 Å². The molecule has 17 heavy (non-hydrogen) atoms. The van der Waals surface area contributed by atoms with Crippen LogP contribution in [0.4, 0.5) is 4.79 Å². The molecule has 6 heteroatoms. The molecule has 0 saturated carbocycles. The van der Waals surface area contributed by atoms with Crippen molar-refractivity contribution < 1.29 is 19.4 Å². The van der Waals surface area contributed by atoms with Gasteiger partial charge in [-0.3, -0.25) is 4.79 Å². The number of nitrogens with zero attached hydrogens (tertiary/aromatic N) is 1. The molecule has 98 valence electrons. The van der Waals surface area contributed by atoms with Crippen molar-refractivity contribution >= 4 is 12.0 Å². The second-order valence-electron chi connectivity index (χ2n) is 4.28. The number of morpholine rings is 1. The van der Waals surface area contributed by atoms with Crippen LogP contribution in [-0.2, 0) is 9.53 Å². The first-order chi connectivity index (χ1) is 8.04. The molecule has 2 amide bonds. The van der Waals surface area contributed by atoms with Gasteiger partial charge in [0.15, 0.2) is 0 Å². The van der Waals surface area contributed by atoms with Gasteiger partial charge in [-0.2, -0.15) is 0 Å². The molecule has 2 unspecified atom stereocenters. The molecule has 2 atom stereocenters. The predicted molar refractivity (Wildman–Crippen MR) is 61.9 cm³/mol. The first-order valence-electron chi connectivity index (χ1n) is 5.91. The first kappa shape index (κ1) is 13.8. The maximum absolute atomic E-state index is 11.9. The van der Waals surface area contributed by atoms with Gasteiger partial charge in [-0.05, 0) is 13.3 Å². The van der Waals surface area contributed by atoms with Crippen LogP contribution in [0.25, 0.3) is 0 Å². The molecule has 0 aliphatic carbocycles. The normalized spacial score (nSPS) is 22.0. The van der Waals surface area contributed by atoms with Gasteiger partial charge in [0.2, 0.25) is 0 Å². The third-order valence-electron chi connectivity index (χ3n) is 2.88. The van der Waals surface area contributed by atoms with Crippen molar-refractivity contribution in [2.45, 2.75) is 38.8 Å². The second kappa shape index (κ2) is 6.44. The van der Waals surface area contributed by atoms with Crippen molar-refractivity contribution in [1.82, 2.24) is 10.2 Å². The lowest BCUT2D eigenvalue weighted by molar-refractivity contribution is -0.139. The molecule has 0 aromatic heterocycles. The summed E-state index contributed by atoms with van der Waals surface area (Å²) in [6.07, 6.45) is 0.771. The van der Waals surface area contributed by atoms with E-state index in [1.54, 1.807) is 4.90 Å². The summed E-state index contributed by atoms with van der Waals surface area (Å²) in [6.45, 7) is 5.11. The Kier molecular flexibility index (Phi) is 5.21. The summed E-state index contributed by atoms with van der Waals surface area (Å²) >= 11 is 0. The number of hydrogen-bond acceptors (Lipinski definition) is 3. The SMILES string of the molecule is CCC(C)NC(=O)N1CCOCC1CC(=O)O. The van der Waals surface area contributed by atoms with E-state index < -0.39 is 5.97 Å². The lowest BCUT2D eigenvalue weighted by atomic mass is 10.1. The number of hydrogen-bond donors (Lipinski definition) is 2. The highest BCUT2D eigenvalue weighted by atomic mass is 16.5. The number of carbonyl (C=O) groups excluding carboxylic acids is 1. The number of amides is 2. The van der Waals surface area contributed by atoms with Crippen LogP contribution in [0.5, 0.6) is 0 Å². The van der Waals surface area contributed by atoms with E-state index in [1.807, 2.05) is 13.8 Å². The van der Waals surface area contributed by atoms with Crippen molar-refractivity contribution in [3.63, 3.8) is 0 Å². The molecule has 0 aromatic rings. The summed E-state index contributed by atoms with van der Waals surface area (Å²) in [7, 11) is 0. The van der Waals surface area contributed by atoms with Crippen LogP contribution < -0.4 is 5.32 Å². The highest BCUT2D eigenvalue weighted by Crippen LogP contribution is 2.11. The van der Waals surface area contributed by atoms with Crippen LogP contribution in [0, 0.1) is 0 Å². The highest BCUT2D eigenvalue weighted by molar-refractivity contribution is 5.76. The van der Waals surface area contributed by atoms with Crippen LogP contribution in [-0.4, -0.2) is 53.8 Å². The van der Waals surface area contributed by atoms with E-state index in [-0.39, 0.29) is 24.5 Å². The number of nitrogens with one attached hydrogen (secondary N) is 1. The highest BCUT2D eigenvalue weighted by Gasteiger charge is 2.29. The Bertz CT molecular complexity index is 283. The Morgan fingerprint density at radius 3 is 2.88 bits per heavy atom. The van der Waals surface area contributed by atoms with Crippen LogP contribution in [0.1, 0.15) is 26.7 Å². The summed E-state index contributed by atoms with van der Waals surface area (Å²) in [6, 6.07) is -0.477. The zero-order valence-corrected chi connectivity index (χ0v) is 10.3. The summed E-state index contributed by atoms with van der Waals surface area (Å²) in [5, 5.41) is 11.6. The monoisotopic (exact) mass is 244 g/mol. The van der Waals surface area contributed by atoms with Gasteiger partial charge >= 0.3 is 12.0 Å². The molecule has 1 fully saturated rings. The van der Waals surface area contributed by atoms with Gasteiger partial charge < -0.3 is 20.1 Å². The minimum atomic E-state index is -0.915. The molecule has 1 aliphatic rings. The minimum Gasteiger partial charge on any atom is -0.481 e. The molecular weight excluding hydrogens is 224 g/mol. The van der Waals surface area contributed by atoms with Crippen molar-refractivity contribution in [2.24, 2.45) is 0 Å².